The van der Waals surface area contributed by atoms with E-state index in [-0.39, 0.29) is 25.0 Å². The van der Waals surface area contributed by atoms with Crippen LogP contribution in [0.2, 0.25) is 0 Å². The smallest absolute Gasteiger partial charge is 0.243 e. The number of carbonyl (C=O) groups is 2. The highest BCUT2D eigenvalue weighted by molar-refractivity contribution is 5.94. The quantitative estimate of drug-likeness (QED) is 0.844. The van der Waals surface area contributed by atoms with Crippen molar-refractivity contribution < 1.29 is 14.7 Å². The second-order valence-corrected chi connectivity index (χ2v) is 6.39. The van der Waals surface area contributed by atoms with Gasteiger partial charge in [0.25, 0.3) is 0 Å². The van der Waals surface area contributed by atoms with Gasteiger partial charge in [-0.15, -0.1) is 5.10 Å². The van der Waals surface area contributed by atoms with E-state index in [0.29, 0.717) is 24.3 Å². The Hall–Kier alpha value is -2.74. The molecular formula is C18H23N5O3. The third kappa shape index (κ3) is 4.66. The first-order valence-corrected chi connectivity index (χ1v) is 8.86. The van der Waals surface area contributed by atoms with Crippen molar-refractivity contribution in [3.8, 4) is 5.69 Å². The van der Waals surface area contributed by atoms with Gasteiger partial charge in [-0.3, -0.25) is 9.59 Å². The number of nitrogens with zero attached hydrogens (tertiary/aromatic N) is 4. The lowest BCUT2D eigenvalue weighted by atomic mass is 10.1. The zero-order valence-electron chi connectivity index (χ0n) is 14.6. The number of nitrogens with one attached hydrogen (secondary N) is 1. The summed E-state index contributed by atoms with van der Waals surface area (Å²) in [7, 11) is 0. The SMILES string of the molecule is O=C(CN1CCCCCCC1=O)Nc1ccc(-n2cc(CO)nn2)cc1. The van der Waals surface area contributed by atoms with Crippen molar-refractivity contribution in [3.63, 3.8) is 0 Å². The van der Waals surface area contributed by atoms with Gasteiger partial charge in [0.2, 0.25) is 11.8 Å². The van der Waals surface area contributed by atoms with Crippen LogP contribution in [-0.2, 0) is 16.2 Å². The molecule has 0 bridgehead atoms. The van der Waals surface area contributed by atoms with Crippen LogP contribution in [-0.4, -0.2) is 49.9 Å². The van der Waals surface area contributed by atoms with Crippen LogP contribution in [0.5, 0.6) is 0 Å². The maximum absolute atomic E-state index is 12.3. The number of hydrogen-bond donors (Lipinski definition) is 2. The molecule has 1 aromatic carbocycles. The summed E-state index contributed by atoms with van der Waals surface area (Å²) in [6, 6.07) is 7.13. The number of rotatable bonds is 5. The van der Waals surface area contributed by atoms with E-state index in [1.54, 1.807) is 40.0 Å². The highest BCUT2D eigenvalue weighted by Gasteiger charge is 2.18. The normalized spacial score (nSPS) is 15.4. The number of aromatic nitrogens is 3. The Morgan fingerprint density at radius 2 is 1.92 bits per heavy atom. The summed E-state index contributed by atoms with van der Waals surface area (Å²) in [6.45, 7) is 0.567. The lowest BCUT2D eigenvalue weighted by Gasteiger charge is -2.24. The largest absolute Gasteiger partial charge is 0.390 e. The van der Waals surface area contributed by atoms with Gasteiger partial charge in [0.1, 0.15) is 5.69 Å². The van der Waals surface area contributed by atoms with E-state index < -0.39 is 0 Å². The first-order valence-electron chi connectivity index (χ1n) is 8.86. The molecule has 2 amide bonds. The van der Waals surface area contributed by atoms with Crippen LogP contribution in [0.25, 0.3) is 5.69 Å². The third-order valence-corrected chi connectivity index (χ3v) is 4.37. The Bertz CT molecular complexity index is 756. The van der Waals surface area contributed by atoms with E-state index >= 15 is 0 Å². The number of aliphatic hydroxyl groups is 1. The fourth-order valence-corrected chi connectivity index (χ4v) is 2.95. The van der Waals surface area contributed by atoms with Crippen LogP contribution in [0.15, 0.2) is 30.5 Å². The average molecular weight is 357 g/mol. The third-order valence-electron chi connectivity index (χ3n) is 4.37. The van der Waals surface area contributed by atoms with E-state index in [9.17, 15) is 9.59 Å². The van der Waals surface area contributed by atoms with Crippen molar-refractivity contribution in [2.75, 3.05) is 18.4 Å². The fourth-order valence-electron chi connectivity index (χ4n) is 2.95. The van der Waals surface area contributed by atoms with Gasteiger partial charge in [-0.1, -0.05) is 18.1 Å². The Balaban J connectivity index is 1.57. The highest BCUT2D eigenvalue weighted by atomic mass is 16.3. The number of aliphatic hydroxyl groups excluding tert-OH is 1. The van der Waals surface area contributed by atoms with Crippen molar-refractivity contribution in [2.45, 2.75) is 38.7 Å². The molecular weight excluding hydrogens is 334 g/mol. The molecule has 138 valence electrons. The molecule has 26 heavy (non-hydrogen) atoms. The van der Waals surface area contributed by atoms with Crippen LogP contribution in [0, 0.1) is 0 Å². The van der Waals surface area contributed by atoms with Gasteiger partial charge in [0.15, 0.2) is 0 Å². The molecule has 2 aromatic rings. The molecule has 1 aromatic heterocycles. The van der Waals surface area contributed by atoms with Crippen LogP contribution in [0.1, 0.15) is 37.8 Å². The summed E-state index contributed by atoms with van der Waals surface area (Å²) in [4.78, 5) is 26.0. The molecule has 3 rings (SSSR count). The molecule has 8 nitrogen and oxygen atoms in total. The molecule has 0 atom stereocenters. The van der Waals surface area contributed by atoms with Crippen molar-refractivity contribution in [2.24, 2.45) is 0 Å². The first-order chi connectivity index (χ1) is 12.7. The van der Waals surface area contributed by atoms with Crippen LogP contribution in [0.4, 0.5) is 5.69 Å². The van der Waals surface area contributed by atoms with Gasteiger partial charge in [0, 0.05) is 18.7 Å². The van der Waals surface area contributed by atoms with Gasteiger partial charge in [-0.25, -0.2) is 4.68 Å². The van der Waals surface area contributed by atoms with E-state index in [0.717, 1.165) is 31.4 Å². The molecule has 0 spiro atoms. The van der Waals surface area contributed by atoms with E-state index in [2.05, 4.69) is 15.6 Å². The fraction of sp³-hybridized carbons (Fsp3) is 0.444. The first kappa shape index (κ1) is 18.1. The lowest BCUT2D eigenvalue weighted by molar-refractivity contribution is -0.135. The molecule has 2 heterocycles. The second-order valence-electron chi connectivity index (χ2n) is 6.39. The van der Waals surface area contributed by atoms with Crippen molar-refractivity contribution in [3.05, 3.63) is 36.2 Å². The minimum atomic E-state index is -0.199. The topological polar surface area (TPSA) is 100 Å². The lowest BCUT2D eigenvalue weighted by Crippen LogP contribution is -2.39. The zero-order chi connectivity index (χ0) is 18.4. The molecule has 1 aliphatic heterocycles. The minimum Gasteiger partial charge on any atom is -0.390 e. The summed E-state index contributed by atoms with van der Waals surface area (Å²) >= 11 is 0. The molecule has 0 saturated carbocycles. The molecule has 8 heteroatoms. The number of anilines is 1. The molecule has 1 saturated heterocycles. The molecule has 1 aliphatic rings. The van der Waals surface area contributed by atoms with Crippen molar-refractivity contribution in [1.29, 1.82) is 0 Å². The van der Waals surface area contributed by atoms with Crippen molar-refractivity contribution >= 4 is 17.5 Å². The Labute approximate surface area is 151 Å². The van der Waals surface area contributed by atoms with Gasteiger partial charge in [0.05, 0.1) is 25.0 Å². The van der Waals surface area contributed by atoms with Gasteiger partial charge < -0.3 is 15.3 Å². The Morgan fingerprint density at radius 3 is 2.65 bits per heavy atom. The number of carbonyl (C=O) groups excluding carboxylic acids is 2. The zero-order valence-corrected chi connectivity index (χ0v) is 14.6. The molecule has 0 aliphatic carbocycles. The number of benzene rings is 1. The molecule has 0 unspecified atom stereocenters. The number of hydrogen-bond acceptors (Lipinski definition) is 5. The van der Waals surface area contributed by atoms with Gasteiger partial charge in [-0.05, 0) is 37.1 Å². The average Bonchev–Trinajstić information content (AvgIpc) is 3.11. The van der Waals surface area contributed by atoms with Gasteiger partial charge in [-0.2, -0.15) is 0 Å². The minimum absolute atomic E-state index is 0.0565. The predicted molar refractivity (Wildman–Crippen MR) is 95.6 cm³/mol. The standard InChI is InChI=1S/C18H23N5O3/c24-13-15-11-23(21-20-15)16-8-6-14(7-9-16)19-17(25)12-22-10-4-2-1-3-5-18(22)26/h6-9,11,24H,1-5,10,12-13H2,(H,19,25). The number of amides is 2. The maximum atomic E-state index is 12.3. The number of likely N-dealkylation sites (tertiary alicyclic amines) is 1. The summed E-state index contributed by atoms with van der Waals surface area (Å²) < 4.78 is 1.55. The summed E-state index contributed by atoms with van der Waals surface area (Å²) in [5.41, 5.74) is 1.91. The summed E-state index contributed by atoms with van der Waals surface area (Å²) in [5, 5.41) is 19.6. The Kier molecular flexibility index (Phi) is 5.96. The highest BCUT2D eigenvalue weighted by Crippen LogP contribution is 2.14. The van der Waals surface area contributed by atoms with E-state index in [1.165, 1.54) is 0 Å². The van der Waals surface area contributed by atoms with Crippen LogP contribution < -0.4 is 5.32 Å². The Morgan fingerprint density at radius 1 is 1.15 bits per heavy atom. The van der Waals surface area contributed by atoms with Gasteiger partial charge >= 0.3 is 0 Å². The van der Waals surface area contributed by atoms with Crippen LogP contribution in [0.3, 0.4) is 0 Å². The maximum Gasteiger partial charge on any atom is 0.243 e. The molecule has 1 fully saturated rings. The van der Waals surface area contributed by atoms with E-state index in [1.807, 2.05) is 0 Å². The molecule has 0 radical (unpaired) electrons. The second kappa shape index (κ2) is 8.57. The van der Waals surface area contributed by atoms with Crippen molar-refractivity contribution in [1.82, 2.24) is 19.9 Å². The summed E-state index contributed by atoms with van der Waals surface area (Å²) in [6.07, 6.45) is 6.20. The van der Waals surface area contributed by atoms with Crippen LogP contribution >= 0.6 is 0 Å². The summed E-state index contributed by atoms with van der Waals surface area (Å²) in [5.74, 6) is -0.143. The molecule has 2 N–H and O–H groups in total. The predicted octanol–water partition coefficient (Wildman–Crippen LogP) is 1.49. The van der Waals surface area contributed by atoms with E-state index in [4.69, 9.17) is 5.11 Å². The monoisotopic (exact) mass is 357 g/mol.